The predicted molar refractivity (Wildman–Crippen MR) is 78.8 cm³/mol. The van der Waals surface area contributed by atoms with E-state index in [4.69, 9.17) is 0 Å². The van der Waals surface area contributed by atoms with Gasteiger partial charge in [-0.25, -0.2) is 0 Å². The zero-order valence-electron chi connectivity index (χ0n) is 12.2. The van der Waals surface area contributed by atoms with Gasteiger partial charge >= 0.3 is 0 Å². The van der Waals surface area contributed by atoms with Crippen molar-refractivity contribution in [3.63, 3.8) is 0 Å². The lowest BCUT2D eigenvalue weighted by Crippen LogP contribution is -2.40. The van der Waals surface area contributed by atoms with Crippen LogP contribution in [0.15, 0.2) is 24.3 Å². The van der Waals surface area contributed by atoms with Crippen LogP contribution in [0.2, 0.25) is 0 Å². The van der Waals surface area contributed by atoms with Gasteiger partial charge in [0.2, 0.25) is 11.8 Å². The number of piperidine rings is 1. The maximum atomic E-state index is 12.1. The van der Waals surface area contributed by atoms with E-state index in [1.54, 1.807) is 38.4 Å². The average Bonchev–Trinajstić information content (AvgIpc) is 2.47. The van der Waals surface area contributed by atoms with Crippen molar-refractivity contribution in [2.45, 2.75) is 12.8 Å². The van der Waals surface area contributed by atoms with Gasteiger partial charge < -0.3 is 15.5 Å². The number of hydrogen-bond acceptors (Lipinski definition) is 3. The van der Waals surface area contributed by atoms with Gasteiger partial charge in [0.15, 0.2) is 0 Å². The molecule has 0 bridgehead atoms. The van der Waals surface area contributed by atoms with Gasteiger partial charge in [0.1, 0.15) is 0 Å². The molecule has 1 aromatic rings. The van der Waals surface area contributed by atoms with Crippen LogP contribution in [-0.2, 0) is 9.59 Å². The van der Waals surface area contributed by atoms with Crippen molar-refractivity contribution in [1.82, 2.24) is 10.2 Å². The Hall–Kier alpha value is -2.37. The third kappa shape index (κ3) is 3.81. The Kier molecular flexibility index (Phi) is 4.57. The summed E-state index contributed by atoms with van der Waals surface area (Å²) >= 11 is 0. The minimum Gasteiger partial charge on any atom is -0.355 e. The van der Waals surface area contributed by atoms with E-state index in [1.165, 1.54) is 4.90 Å². The molecule has 2 rings (SSSR count). The fraction of sp³-hybridized carbons (Fsp3) is 0.400. The van der Waals surface area contributed by atoms with E-state index in [2.05, 4.69) is 10.6 Å². The van der Waals surface area contributed by atoms with Gasteiger partial charge in [0.25, 0.3) is 5.91 Å². The van der Waals surface area contributed by atoms with Gasteiger partial charge in [-0.1, -0.05) is 0 Å². The second-order valence-electron chi connectivity index (χ2n) is 5.31. The number of nitrogens with one attached hydrogen (secondary N) is 2. The van der Waals surface area contributed by atoms with Crippen LogP contribution >= 0.6 is 0 Å². The Balaban J connectivity index is 1.95. The SMILES string of the molecule is CN(C)C(=O)c1ccc(NC(=O)C2CCC(=O)NC2)cc1. The summed E-state index contributed by atoms with van der Waals surface area (Å²) in [6.07, 6.45) is 0.948. The molecule has 112 valence electrons. The smallest absolute Gasteiger partial charge is 0.253 e. The Morgan fingerprint density at radius 1 is 1.24 bits per heavy atom. The number of rotatable bonds is 3. The molecule has 1 aliphatic rings. The number of hydrogen-bond donors (Lipinski definition) is 2. The van der Waals surface area contributed by atoms with Crippen LogP contribution < -0.4 is 10.6 Å². The fourth-order valence-electron chi connectivity index (χ4n) is 2.16. The minimum absolute atomic E-state index is 0.00870. The second kappa shape index (κ2) is 6.39. The van der Waals surface area contributed by atoms with E-state index in [0.29, 0.717) is 30.6 Å². The average molecular weight is 289 g/mol. The predicted octanol–water partition coefficient (Wildman–Crippen LogP) is 0.853. The first kappa shape index (κ1) is 15.0. The van der Waals surface area contributed by atoms with Crippen LogP contribution in [-0.4, -0.2) is 43.3 Å². The summed E-state index contributed by atoms with van der Waals surface area (Å²) in [6.45, 7) is 0.377. The number of benzene rings is 1. The maximum Gasteiger partial charge on any atom is 0.253 e. The molecule has 0 spiro atoms. The minimum atomic E-state index is -0.203. The van der Waals surface area contributed by atoms with E-state index >= 15 is 0 Å². The molecule has 1 unspecified atom stereocenters. The lowest BCUT2D eigenvalue weighted by atomic mass is 9.98. The van der Waals surface area contributed by atoms with Gasteiger partial charge in [-0.05, 0) is 30.7 Å². The van der Waals surface area contributed by atoms with E-state index in [9.17, 15) is 14.4 Å². The third-order valence-corrected chi connectivity index (χ3v) is 3.44. The molecule has 1 heterocycles. The molecule has 3 amide bonds. The molecular formula is C15H19N3O3. The molecule has 0 aliphatic carbocycles. The lowest BCUT2D eigenvalue weighted by Gasteiger charge is -2.21. The Bertz CT molecular complexity index is 542. The maximum absolute atomic E-state index is 12.1. The Labute approximate surface area is 123 Å². The molecular weight excluding hydrogens is 270 g/mol. The van der Waals surface area contributed by atoms with Crippen LogP contribution in [0.3, 0.4) is 0 Å². The highest BCUT2D eigenvalue weighted by molar-refractivity contribution is 5.96. The zero-order chi connectivity index (χ0) is 15.4. The summed E-state index contributed by atoms with van der Waals surface area (Å²) in [5.41, 5.74) is 1.22. The van der Waals surface area contributed by atoms with Gasteiger partial charge in [-0.2, -0.15) is 0 Å². The van der Waals surface area contributed by atoms with Gasteiger partial charge in [0.05, 0.1) is 5.92 Å². The van der Waals surface area contributed by atoms with Crippen LogP contribution in [0.5, 0.6) is 0 Å². The van der Waals surface area contributed by atoms with Crippen LogP contribution in [0.1, 0.15) is 23.2 Å². The fourth-order valence-corrected chi connectivity index (χ4v) is 2.16. The molecule has 1 aliphatic heterocycles. The molecule has 2 N–H and O–H groups in total. The first-order valence-electron chi connectivity index (χ1n) is 6.86. The molecule has 6 heteroatoms. The Morgan fingerprint density at radius 2 is 1.90 bits per heavy atom. The monoisotopic (exact) mass is 289 g/mol. The number of anilines is 1. The second-order valence-corrected chi connectivity index (χ2v) is 5.31. The van der Waals surface area contributed by atoms with Crippen molar-refractivity contribution >= 4 is 23.4 Å². The lowest BCUT2D eigenvalue weighted by molar-refractivity contribution is -0.126. The standard InChI is InChI=1S/C15H19N3O3/c1-18(2)15(21)10-3-6-12(7-4-10)17-14(20)11-5-8-13(19)16-9-11/h3-4,6-7,11H,5,8-9H2,1-2H3,(H,16,19)(H,17,20). The highest BCUT2D eigenvalue weighted by atomic mass is 16.2. The summed E-state index contributed by atoms with van der Waals surface area (Å²) in [5, 5.41) is 5.49. The van der Waals surface area contributed by atoms with Crippen LogP contribution in [0.4, 0.5) is 5.69 Å². The highest BCUT2D eigenvalue weighted by Crippen LogP contribution is 2.16. The molecule has 1 saturated heterocycles. The van der Waals surface area contributed by atoms with Crippen LogP contribution in [0, 0.1) is 5.92 Å². The Morgan fingerprint density at radius 3 is 2.43 bits per heavy atom. The molecule has 0 saturated carbocycles. The first-order valence-corrected chi connectivity index (χ1v) is 6.86. The van der Waals surface area contributed by atoms with Gasteiger partial charge in [-0.15, -0.1) is 0 Å². The number of carbonyl (C=O) groups is 3. The van der Waals surface area contributed by atoms with Crippen LogP contribution in [0.25, 0.3) is 0 Å². The molecule has 1 fully saturated rings. The largest absolute Gasteiger partial charge is 0.355 e. The highest BCUT2D eigenvalue weighted by Gasteiger charge is 2.24. The van der Waals surface area contributed by atoms with Crippen molar-refractivity contribution in [3.8, 4) is 0 Å². The molecule has 1 aromatic carbocycles. The van der Waals surface area contributed by atoms with Crippen molar-refractivity contribution in [2.24, 2.45) is 5.92 Å². The topological polar surface area (TPSA) is 78.5 Å². The van der Waals surface area contributed by atoms with Gasteiger partial charge in [0, 0.05) is 38.3 Å². The summed E-state index contributed by atoms with van der Waals surface area (Å²) in [5.74, 6) is -0.402. The van der Waals surface area contributed by atoms with Crippen molar-refractivity contribution in [2.75, 3.05) is 26.0 Å². The van der Waals surface area contributed by atoms with Crippen molar-refractivity contribution < 1.29 is 14.4 Å². The third-order valence-electron chi connectivity index (χ3n) is 3.44. The molecule has 0 aromatic heterocycles. The van der Waals surface area contributed by atoms with E-state index < -0.39 is 0 Å². The summed E-state index contributed by atoms with van der Waals surface area (Å²) in [7, 11) is 3.38. The van der Waals surface area contributed by atoms with E-state index in [-0.39, 0.29) is 23.6 Å². The summed E-state index contributed by atoms with van der Waals surface area (Å²) in [6, 6.07) is 6.77. The molecule has 6 nitrogen and oxygen atoms in total. The number of carbonyl (C=O) groups excluding carboxylic acids is 3. The molecule has 1 atom stereocenters. The number of amides is 3. The first-order chi connectivity index (χ1) is 9.97. The molecule has 0 radical (unpaired) electrons. The quantitative estimate of drug-likeness (QED) is 0.866. The zero-order valence-corrected chi connectivity index (χ0v) is 12.2. The summed E-state index contributed by atoms with van der Waals surface area (Å²) < 4.78 is 0. The number of nitrogens with zero attached hydrogens (tertiary/aromatic N) is 1. The summed E-state index contributed by atoms with van der Waals surface area (Å²) in [4.78, 5) is 36.4. The van der Waals surface area contributed by atoms with E-state index in [0.717, 1.165) is 0 Å². The molecule has 21 heavy (non-hydrogen) atoms. The van der Waals surface area contributed by atoms with Crippen molar-refractivity contribution in [3.05, 3.63) is 29.8 Å². The van der Waals surface area contributed by atoms with Crippen molar-refractivity contribution in [1.29, 1.82) is 0 Å². The normalized spacial score (nSPS) is 17.8. The van der Waals surface area contributed by atoms with E-state index in [1.807, 2.05) is 0 Å². The van der Waals surface area contributed by atoms with Gasteiger partial charge in [-0.3, -0.25) is 14.4 Å².